The van der Waals surface area contributed by atoms with Crippen molar-refractivity contribution in [1.82, 2.24) is 4.90 Å². The number of methoxy groups -OCH3 is 2. The molecule has 2 heterocycles. The lowest BCUT2D eigenvalue weighted by atomic mass is 10.0. The van der Waals surface area contributed by atoms with E-state index >= 15 is 0 Å². The number of benzene rings is 1. The van der Waals surface area contributed by atoms with Crippen LogP contribution in [0.4, 0.5) is 0 Å². The molecule has 116 valence electrons. The third-order valence-electron chi connectivity index (χ3n) is 4.08. The second-order valence-corrected chi connectivity index (χ2v) is 5.28. The fraction of sp³-hybridized carbons (Fsp3) is 0.353. The molecular weight excluding hydrogens is 282 g/mol. The molecule has 22 heavy (non-hydrogen) atoms. The lowest BCUT2D eigenvalue weighted by molar-refractivity contribution is 0.0733. The van der Waals surface area contributed by atoms with Crippen molar-refractivity contribution in [2.45, 2.75) is 18.9 Å². The van der Waals surface area contributed by atoms with E-state index in [4.69, 9.17) is 13.9 Å². The van der Waals surface area contributed by atoms with Gasteiger partial charge in [-0.3, -0.25) is 4.79 Å². The molecule has 1 aromatic heterocycles. The second-order valence-electron chi connectivity index (χ2n) is 5.28. The summed E-state index contributed by atoms with van der Waals surface area (Å²) in [5.74, 6) is 1.48. The highest BCUT2D eigenvalue weighted by Crippen LogP contribution is 2.39. The van der Waals surface area contributed by atoms with Crippen LogP contribution in [0.5, 0.6) is 11.5 Å². The van der Waals surface area contributed by atoms with Crippen molar-refractivity contribution < 1.29 is 18.7 Å². The number of likely N-dealkylation sites (tertiary alicyclic amines) is 1. The maximum atomic E-state index is 12.6. The van der Waals surface area contributed by atoms with E-state index in [1.807, 2.05) is 23.1 Å². The Balaban J connectivity index is 1.91. The molecule has 0 aliphatic carbocycles. The number of nitrogens with zero attached hydrogens (tertiary/aromatic N) is 1. The summed E-state index contributed by atoms with van der Waals surface area (Å²) in [4.78, 5) is 14.5. The van der Waals surface area contributed by atoms with E-state index in [1.165, 1.54) is 12.5 Å². The van der Waals surface area contributed by atoms with Gasteiger partial charge in [0.05, 0.1) is 32.1 Å². The highest BCUT2D eigenvalue weighted by molar-refractivity contribution is 5.94. The molecule has 1 amide bonds. The van der Waals surface area contributed by atoms with Gasteiger partial charge >= 0.3 is 0 Å². The third kappa shape index (κ3) is 2.54. The number of carbonyl (C=O) groups is 1. The highest BCUT2D eigenvalue weighted by atomic mass is 16.5. The molecule has 0 radical (unpaired) electrons. The summed E-state index contributed by atoms with van der Waals surface area (Å²) in [5.41, 5.74) is 1.59. The summed E-state index contributed by atoms with van der Waals surface area (Å²) in [7, 11) is 3.26. The Kier molecular flexibility index (Phi) is 4.04. The van der Waals surface area contributed by atoms with Crippen molar-refractivity contribution in [3.63, 3.8) is 0 Å². The van der Waals surface area contributed by atoms with E-state index in [2.05, 4.69) is 0 Å². The monoisotopic (exact) mass is 301 g/mol. The van der Waals surface area contributed by atoms with Crippen molar-refractivity contribution >= 4 is 5.91 Å². The van der Waals surface area contributed by atoms with Crippen molar-refractivity contribution in [1.29, 1.82) is 0 Å². The molecule has 1 aliphatic rings. The Morgan fingerprint density at radius 3 is 2.82 bits per heavy atom. The maximum absolute atomic E-state index is 12.6. The third-order valence-corrected chi connectivity index (χ3v) is 4.08. The summed E-state index contributed by atoms with van der Waals surface area (Å²) in [5, 5.41) is 0. The topological polar surface area (TPSA) is 51.9 Å². The van der Waals surface area contributed by atoms with Crippen molar-refractivity contribution in [2.24, 2.45) is 0 Å². The van der Waals surface area contributed by atoms with Gasteiger partial charge in [-0.2, -0.15) is 0 Å². The first kappa shape index (κ1) is 14.5. The first-order chi connectivity index (χ1) is 10.7. The Hall–Kier alpha value is -2.43. The molecule has 1 saturated heterocycles. The number of amides is 1. The number of rotatable bonds is 4. The van der Waals surface area contributed by atoms with Crippen LogP contribution in [-0.4, -0.2) is 31.6 Å². The van der Waals surface area contributed by atoms with Crippen LogP contribution < -0.4 is 9.47 Å². The molecule has 0 spiro atoms. The molecular formula is C17H19NO4. The minimum atomic E-state index is -0.00544. The van der Waals surface area contributed by atoms with Crippen LogP contribution in [0.3, 0.4) is 0 Å². The normalized spacial score (nSPS) is 17.5. The quantitative estimate of drug-likeness (QED) is 0.869. The van der Waals surface area contributed by atoms with E-state index in [1.54, 1.807) is 20.3 Å². The Morgan fingerprint density at radius 1 is 1.27 bits per heavy atom. The van der Waals surface area contributed by atoms with Gasteiger partial charge in [-0.25, -0.2) is 0 Å². The van der Waals surface area contributed by atoms with Gasteiger partial charge in [-0.1, -0.05) is 0 Å². The average Bonchev–Trinajstić information content (AvgIpc) is 3.24. The van der Waals surface area contributed by atoms with Gasteiger partial charge in [0.15, 0.2) is 0 Å². The summed E-state index contributed by atoms with van der Waals surface area (Å²) in [6, 6.07) is 7.44. The first-order valence-electron chi connectivity index (χ1n) is 7.29. The van der Waals surface area contributed by atoms with Crippen LogP contribution >= 0.6 is 0 Å². The van der Waals surface area contributed by atoms with Crippen molar-refractivity contribution in [2.75, 3.05) is 20.8 Å². The largest absolute Gasteiger partial charge is 0.497 e. The molecule has 1 aliphatic heterocycles. The van der Waals surface area contributed by atoms with Gasteiger partial charge in [-0.15, -0.1) is 0 Å². The lowest BCUT2D eigenvalue weighted by Gasteiger charge is -2.26. The average molecular weight is 301 g/mol. The predicted molar refractivity (Wildman–Crippen MR) is 81.3 cm³/mol. The van der Waals surface area contributed by atoms with Crippen LogP contribution in [0.15, 0.2) is 41.2 Å². The molecule has 0 bridgehead atoms. The van der Waals surface area contributed by atoms with Crippen LogP contribution in [0.25, 0.3) is 0 Å². The Labute approximate surface area is 129 Å². The zero-order valence-electron chi connectivity index (χ0n) is 12.7. The second kappa shape index (κ2) is 6.13. The SMILES string of the molecule is COc1ccc([C@H]2CCCN2C(=O)c2ccoc2)c(OC)c1. The van der Waals surface area contributed by atoms with Gasteiger partial charge in [0, 0.05) is 18.2 Å². The minimum Gasteiger partial charge on any atom is -0.497 e. The molecule has 5 heteroatoms. The number of furan rings is 1. The lowest BCUT2D eigenvalue weighted by Crippen LogP contribution is -2.30. The number of hydrogen-bond donors (Lipinski definition) is 0. The zero-order valence-corrected chi connectivity index (χ0v) is 12.7. The van der Waals surface area contributed by atoms with Crippen LogP contribution in [-0.2, 0) is 0 Å². The molecule has 5 nitrogen and oxygen atoms in total. The molecule has 2 aromatic rings. The van der Waals surface area contributed by atoms with Crippen LogP contribution in [0, 0.1) is 0 Å². The molecule has 1 atom stereocenters. The van der Waals surface area contributed by atoms with E-state index in [0.29, 0.717) is 5.56 Å². The van der Waals surface area contributed by atoms with Gasteiger partial charge in [0.2, 0.25) is 0 Å². The number of carbonyl (C=O) groups excluding carboxylic acids is 1. The van der Waals surface area contributed by atoms with Gasteiger partial charge in [-0.05, 0) is 31.0 Å². The summed E-state index contributed by atoms with van der Waals surface area (Å²) < 4.78 is 15.7. The summed E-state index contributed by atoms with van der Waals surface area (Å²) in [6.07, 6.45) is 4.91. The number of hydrogen-bond acceptors (Lipinski definition) is 4. The van der Waals surface area contributed by atoms with E-state index < -0.39 is 0 Å². The summed E-state index contributed by atoms with van der Waals surface area (Å²) in [6.45, 7) is 0.740. The van der Waals surface area contributed by atoms with Gasteiger partial charge in [0.1, 0.15) is 17.8 Å². The predicted octanol–water partition coefficient (Wildman–Crippen LogP) is 3.27. The first-order valence-corrected chi connectivity index (χ1v) is 7.29. The van der Waals surface area contributed by atoms with Crippen molar-refractivity contribution in [3.8, 4) is 11.5 Å². The van der Waals surface area contributed by atoms with Crippen LogP contribution in [0.1, 0.15) is 34.8 Å². The molecule has 0 unspecified atom stereocenters. The minimum absolute atomic E-state index is 0.00544. The molecule has 1 fully saturated rings. The van der Waals surface area contributed by atoms with Gasteiger partial charge in [0.25, 0.3) is 5.91 Å². The van der Waals surface area contributed by atoms with E-state index in [9.17, 15) is 4.79 Å². The van der Waals surface area contributed by atoms with Crippen LogP contribution in [0.2, 0.25) is 0 Å². The van der Waals surface area contributed by atoms with Gasteiger partial charge < -0.3 is 18.8 Å². The smallest absolute Gasteiger partial charge is 0.257 e. The maximum Gasteiger partial charge on any atom is 0.257 e. The number of ether oxygens (including phenoxy) is 2. The highest BCUT2D eigenvalue weighted by Gasteiger charge is 2.32. The fourth-order valence-electron chi connectivity index (χ4n) is 2.98. The molecule has 1 aromatic carbocycles. The van der Waals surface area contributed by atoms with E-state index in [0.717, 1.165) is 36.4 Å². The standard InChI is InChI=1S/C17H19NO4/c1-20-13-5-6-14(16(10-13)21-2)15-4-3-8-18(15)17(19)12-7-9-22-11-12/h5-7,9-11,15H,3-4,8H2,1-2H3/t15-/m1/s1. The molecule has 3 rings (SSSR count). The summed E-state index contributed by atoms with van der Waals surface area (Å²) >= 11 is 0. The molecule has 0 N–H and O–H groups in total. The van der Waals surface area contributed by atoms with Crippen molar-refractivity contribution in [3.05, 3.63) is 47.9 Å². The fourth-order valence-corrected chi connectivity index (χ4v) is 2.98. The zero-order chi connectivity index (χ0) is 15.5. The molecule has 0 saturated carbocycles. The Bertz CT molecular complexity index is 651. The van der Waals surface area contributed by atoms with E-state index in [-0.39, 0.29) is 11.9 Å². The Morgan fingerprint density at radius 2 is 2.14 bits per heavy atom.